The van der Waals surface area contributed by atoms with Crippen molar-refractivity contribution in [2.45, 2.75) is 0 Å². The Labute approximate surface area is 180 Å². The van der Waals surface area contributed by atoms with Crippen molar-refractivity contribution in [2.75, 3.05) is 23.7 Å². The number of hydrogen-bond acceptors (Lipinski definition) is 2. The van der Waals surface area contributed by atoms with Gasteiger partial charge < -0.3 is 10.6 Å². The molecule has 0 atom stereocenters. The lowest BCUT2D eigenvalue weighted by Gasteiger charge is -2.14. The van der Waals surface area contributed by atoms with Gasteiger partial charge in [-0.2, -0.15) is 0 Å². The first-order chi connectivity index (χ1) is 10.4. The average molecular weight is 686 g/mol. The molecule has 0 saturated heterocycles. The Morgan fingerprint density at radius 3 is 1.09 bits per heavy atom. The highest BCUT2D eigenvalue weighted by atomic mass is 79.9. The molecule has 2 N–H and O–H groups in total. The number of hydrogen-bond donors (Lipinski definition) is 2. The largest absolute Gasteiger partial charge is 0.381 e. The summed E-state index contributed by atoms with van der Waals surface area (Å²) in [4.78, 5) is 0. The van der Waals surface area contributed by atoms with Crippen LogP contribution in [0.1, 0.15) is 0 Å². The molecular formula is C14H10Br6N2. The lowest BCUT2D eigenvalue weighted by Crippen LogP contribution is -2.14. The van der Waals surface area contributed by atoms with E-state index in [2.05, 4.69) is 106 Å². The Kier molecular flexibility index (Phi) is 7.74. The van der Waals surface area contributed by atoms with Gasteiger partial charge in [-0.25, -0.2) is 0 Å². The molecule has 0 fully saturated rings. The molecule has 2 nitrogen and oxygen atoms in total. The zero-order chi connectivity index (χ0) is 16.3. The summed E-state index contributed by atoms with van der Waals surface area (Å²) >= 11 is 21.2. The maximum Gasteiger partial charge on any atom is 0.0630 e. The standard InChI is InChI=1S/C14H10Br6N2/c15-7-3-9(17)13(10(18)4-7)21-1-2-22-14-11(19)5-8(16)6-12(14)20/h3-6,21-22H,1-2H2. The van der Waals surface area contributed by atoms with E-state index in [-0.39, 0.29) is 0 Å². The highest BCUT2D eigenvalue weighted by Gasteiger charge is 2.08. The minimum Gasteiger partial charge on any atom is -0.381 e. The third kappa shape index (κ3) is 5.21. The SMILES string of the molecule is Brc1cc(Br)c(NCCNc2c(Br)cc(Br)cc2Br)c(Br)c1. The molecule has 22 heavy (non-hydrogen) atoms. The Morgan fingerprint density at radius 1 is 0.545 bits per heavy atom. The highest BCUT2D eigenvalue weighted by molar-refractivity contribution is 9.12. The van der Waals surface area contributed by atoms with Gasteiger partial charge >= 0.3 is 0 Å². The molecule has 2 aromatic rings. The third-order valence-electron chi connectivity index (χ3n) is 2.74. The maximum absolute atomic E-state index is 3.56. The van der Waals surface area contributed by atoms with E-state index in [1.165, 1.54) is 0 Å². The minimum atomic E-state index is 0.785. The summed E-state index contributed by atoms with van der Waals surface area (Å²) in [5.41, 5.74) is 2.08. The zero-order valence-electron chi connectivity index (χ0n) is 11.0. The lowest BCUT2D eigenvalue weighted by atomic mass is 10.3. The van der Waals surface area contributed by atoms with Gasteiger partial charge in [0.2, 0.25) is 0 Å². The van der Waals surface area contributed by atoms with E-state index < -0.39 is 0 Å². The third-order valence-corrected chi connectivity index (χ3v) is 6.16. The van der Waals surface area contributed by atoms with E-state index in [1.54, 1.807) is 0 Å². The van der Waals surface area contributed by atoms with Gasteiger partial charge in [0.05, 0.1) is 11.4 Å². The summed E-state index contributed by atoms with van der Waals surface area (Å²) in [6, 6.07) is 8.07. The quantitative estimate of drug-likeness (QED) is 0.315. The second kappa shape index (κ2) is 8.85. The van der Waals surface area contributed by atoms with Crippen molar-refractivity contribution in [3.63, 3.8) is 0 Å². The van der Waals surface area contributed by atoms with Crippen LogP contribution in [0.25, 0.3) is 0 Å². The fourth-order valence-electron chi connectivity index (χ4n) is 1.80. The van der Waals surface area contributed by atoms with E-state index in [9.17, 15) is 0 Å². The van der Waals surface area contributed by atoms with E-state index in [4.69, 9.17) is 0 Å². The molecule has 0 saturated carbocycles. The molecule has 0 spiro atoms. The lowest BCUT2D eigenvalue weighted by molar-refractivity contribution is 1.07. The first kappa shape index (κ1) is 19.2. The van der Waals surface area contributed by atoms with Crippen LogP contribution in [0.3, 0.4) is 0 Å². The van der Waals surface area contributed by atoms with Crippen LogP contribution in [0.15, 0.2) is 51.1 Å². The minimum absolute atomic E-state index is 0.785. The summed E-state index contributed by atoms with van der Waals surface area (Å²) in [5, 5.41) is 6.82. The first-order valence-electron chi connectivity index (χ1n) is 6.15. The van der Waals surface area contributed by atoms with Crippen LogP contribution in [-0.2, 0) is 0 Å². The molecule has 2 rings (SSSR count). The van der Waals surface area contributed by atoms with Gasteiger partial charge in [-0.15, -0.1) is 0 Å². The Balaban J connectivity index is 1.96. The van der Waals surface area contributed by atoms with Gasteiger partial charge in [0.1, 0.15) is 0 Å². The van der Waals surface area contributed by atoms with E-state index >= 15 is 0 Å². The number of rotatable bonds is 5. The van der Waals surface area contributed by atoms with Gasteiger partial charge in [-0.1, -0.05) is 31.9 Å². The van der Waals surface area contributed by atoms with Crippen molar-refractivity contribution in [2.24, 2.45) is 0 Å². The summed E-state index contributed by atoms with van der Waals surface area (Å²) < 4.78 is 6.11. The molecule has 0 bridgehead atoms. The highest BCUT2D eigenvalue weighted by Crippen LogP contribution is 2.35. The van der Waals surface area contributed by atoms with Crippen LogP contribution in [0.5, 0.6) is 0 Å². The van der Waals surface area contributed by atoms with Gasteiger partial charge in [0, 0.05) is 39.9 Å². The molecule has 0 aromatic heterocycles. The van der Waals surface area contributed by atoms with Gasteiger partial charge in [0.25, 0.3) is 0 Å². The molecule has 0 unspecified atom stereocenters. The number of anilines is 2. The summed E-state index contributed by atoms with van der Waals surface area (Å²) in [7, 11) is 0. The molecule has 0 aliphatic heterocycles. The van der Waals surface area contributed by atoms with Crippen molar-refractivity contribution < 1.29 is 0 Å². The number of nitrogens with one attached hydrogen (secondary N) is 2. The smallest absolute Gasteiger partial charge is 0.0630 e. The topological polar surface area (TPSA) is 24.1 Å². The van der Waals surface area contributed by atoms with Crippen molar-refractivity contribution in [1.29, 1.82) is 0 Å². The zero-order valence-corrected chi connectivity index (χ0v) is 20.5. The predicted molar refractivity (Wildman–Crippen MR) is 116 cm³/mol. The van der Waals surface area contributed by atoms with Crippen LogP contribution in [-0.4, -0.2) is 13.1 Å². The summed E-state index contributed by atoms with van der Waals surface area (Å²) in [6.07, 6.45) is 0. The predicted octanol–water partition coefficient (Wildman–Crippen LogP) is 7.79. The molecule has 2 aromatic carbocycles. The Hall–Kier alpha value is 0.920. The number of halogens is 6. The van der Waals surface area contributed by atoms with Gasteiger partial charge in [-0.3, -0.25) is 0 Å². The fourth-order valence-corrected chi connectivity index (χ4v) is 6.88. The van der Waals surface area contributed by atoms with Crippen LogP contribution in [0.2, 0.25) is 0 Å². The summed E-state index contributed by atoms with van der Waals surface area (Å²) in [5.74, 6) is 0. The second-order valence-corrected chi connectivity index (χ2v) is 9.59. The second-order valence-electron chi connectivity index (χ2n) is 4.34. The monoisotopic (exact) mass is 680 g/mol. The van der Waals surface area contributed by atoms with Crippen molar-refractivity contribution in [3.8, 4) is 0 Å². The van der Waals surface area contributed by atoms with Crippen molar-refractivity contribution >= 4 is 107 Å². The molecule has 0 aliphatic rings. The van der Waals surface area contributed by atoms with Crippen molar-refractivity contribution in [3.05, 3.63) is 51.1 Å². The van der Waals surface area contributed by atoms with E-state index in [0.29, 0.717) is 0 Å². The molecular weight excluding hydrogens is 676 g/mol. The van der Waals surface area contributed by atoms with Crippen LogP contribution >= 0.6 is 95.6 Å². The average Bonchev–Trinajstić information content (AvgIpc) is 2.38. The van der Waals surface area contributed by atoms with Gasteiger partial charge in [-0.05, 0) is 88.0 Å². The number of benzene rings is 2. The van der Waals surface area contributed by atoms with Crippen LogP contribution in [0.4, 0.5) is 11.4 Å². The maximum atomic E-state index is 3.56. The van der Waals surface area contributed by atoms with E-state index in [1.807, 2.05) is 24.3 Å². The molecule has 0 amide bonds. The molecule has 118 valence electrons. The summed E-state index contributed by atoms with van der Waals surface area (Å²) in [6.45, 7) is 1.57. The van der Waals surface area contributed by atoms with Crippen LogP contribution < -0.4 is 10.6 Å². The molecule has 0 radical (unpaired) electrons. The fraction of sp³-hybridized carbons (Fsp3) is 0.143. The first-order valence-corrected chi connectivity index (χ1v) is 10.9. The molecule has 0 heterocycles. The molecule has 8 heteroatoms. The van der Waals surface area contributed by atoms with Crippen molar-refractivity contribution in [1.82, 2.24) is 0 Å². The van der Waals surface area contributed by atoms with Crippen LogP contribution in [0, 0.1) is 0 Å². The van der Waals surface area contributed by atoms with Gasteiger partial charge in [0.15, 0.2) is 0 Å². The Morgan fingerprint density at radius 2 is 0.818 bits per heavy atom. The molecule has 0 aliphatic carbocycles. The van der Waals surface area contributed by atoms with E-state index in [0.717, 1.165) is 51.3 Å². The Bertz CT molecular complexity index is 584. The normalized spacial score (nSPS) is 10.6.